The lowest BCUT2D eigenvalue weighted by Crippen LogP contribution is -2.42. The van der Waals surface area contributed by atoms with Gasteiger partial charge in [-0.2, -0.15) is 5.10 Å². The number of likely N-dealkylation sites (tertiary alicyclic amines) is 1. The van der Waals surface area contributed by atoms with Crippen LogP contribution in [0.25, 0.3) is 10.9 Å². The van der Waals surface area contributed by atoms with Crippen LogP contribution >= 0.6 is 0 Å². The highest BCUT2D eigenvalue weighted by Crippen LogP contribution is 2.29. The zero-order chi connectivity index (χ0) is 24.0. The number of nitrogens with zero attached hydrogens (tertiary/aromatic N) is 4. The van der Waals surface area contributed by atoms with E-state index in [4.69, 9.17) is 9.47 Å². The summed E-state index contributed by atoms with van der Waals surface area (Å²) in [5, 5.41) is 5.60. The van der Waals surface area contributed by atoms with Crippen molar-refractivity contribution in [3.8, 4) is 11.6 Å². The molecular weight excluding hydrogens is 416 g/mol. The number of fused-ring (bicyclic) bond motifs is 1. The monoisotopic (exact) mass is 452 g/mol. The number of aromatic nitrogens is 3. The summed E-state index contributed by atoms with van der Waals surface area (Å²) in [6.07, 6.45) is 5.90. The molecule has 4 rings (SSSR count). The molecule has 3 aromatic rings. The summed E-state index contributed by atoms with van der Waals surface area (Å²) in [6, 6.07) is 10.0. The van der Waals surface area contributed by atoms with Crippen molar-refractivity contribution in [3.63, 3.8) is 0 Å². The van der Waals surface area contributed by atoms with Crippen LogP contribution in [0.15, 0.2) is 42.7 Å². The summed E-state index contributed by atoms with van der Waals surface area (Å²) >= 11 is 0. The van der Waals surface area contributed by atoms with Gasteiger partial charge in [0, 0.05) is 24.5 Å². The predicted molar refractivity (Wildman–Crippen MR) is 131 cm³/mol. The highest BCUT2D eigenvalue weighted by Gasteiger charge is 2.29. The van der Waals surface area contributed by atoms with E-state index in [0.717, 1.165) is 35.9 Å². The molecule has 0 unspecified atom stereocenters. The Morgan fingerprint density at radius 1 is 1.12 bits per heavy atom. The fourth-order valence-corrected chi connectivity index (χ4v) is 3.66. The number of amides is 1. The normalized spacial score (nSPS) is 14.5. The maximum Gasteiger partial charge on any atom is 0.410 e. The Kier molecular flexibility index (Phi) is 7.95. The van der Waals surface area contributed by atoms with Gasteiger partial charge in [-0.1, -0.05) is 38.5 Å². The molecule has 1 saturated heterocycles. The van der Waals surface area contributed by atoms with Crippen molar-refractivity contribution in [2.75, 3.05) is 13.1 Å². The SMILES string of the molecule is CC.CCC(C)(C)OC(=O)N1CCC(n2ncc3cc(Oc4ccc(C)cc4)ncc32)CC1. The Labute approximate surface area is 196 Å². The second-order valence-corrected chi connectivity index (χ2v) is 8.79. The molecule has 33 heavy (non-hydrogen) atoms. The minimum atomic E-state index is -0.434. The number of ether oxygens (including phenoxy) is 2. The Balaban J connectivity index is 0.00000149. The molecule has 0 atom stereocenters. The van der Waals surface area contributed by atoms with E-state index < -0.39 is 5.60 Å². The van der Waals surface area contributed by atoms with E-state index in [1.807, 2.05) is 88.9 Å². The maximum absolute atomic E-state index is 12.4. The van der Waals surface area contributed by atoms with Crippen molar-refractivity contribution in [1.29, 1.82) is 0 Å². The van der Waals surface area contributed by atoms with E-state index in [-0.39, 0.29) is 12.1 Å². The van der Waals surface area contributed by atoms with Crippen LogP contribution in [-0.2, 0) is 4.74 Å². The predicted octanol–water partition coefficient (Wildman–Crippen LogP) is 6.52. The van der Waals surface area contributed by atoms with Crippen LogP contribution in [0.1, 0.15) is 65.5 Å². The summed E-state index contributed by atoms with van der Waals surface area (Å²) in [7, 11) is 0. The zero-order valence-electron chi connectivity index (χ0n) is 20.7. The average Bonchev–Trinajstić information content (AvgIpc) is 3.25. The number of benzene rings is 1. The lowest BCUT2D eigenvalue weighted by atomic mass is 10.1. The van der Waals surface area contributed by atoms with E-state index >= 15 is 0 Å². The molecule has 0 radical (unpaired) electrons. The van der Waals surface area contributed by atoms with Crippen molar-refractivity contribution in [1.82, 2.24) is 19.7 Å². The van der Waals surface area contributed by atoms with Gasteiger partial charge in [-0.25, -0.2) is 9.78 Å². The van der Waals surface area contributed by atoms with E-state index in [2.05, 4.69) is 10.1 Å². The van der Waals surface area contributed by atoms with Crippen molar-refractivity contribution in [2.24, 2.45) is 0 Å². The molecule has 0 bridgehead atoms. The Morgan fingerprint density at radius 2 is 1.79 bits per heavy atom. The molecule has 0 saturated carbocycles. The average molecular weight is 453 g/mol. The highest BCUT2D eigenvalue weighted by atomic mass is 16.6. The van der Waals surface area contributed by atoms with Crippen LogP contribution in [0.4, 0.5) is 4.79 Å². The van der Waals surface area contributed by atoms with Crippen molar-refractivity contribution < 1.29 is 14.3 Å². The minimum Gasteiger partial charge on any atom is -0.443 e. The van der Waals surface area contributed by atoms with Gasteiger partial charge in [0.05, 0.1) is 24.0 Å². The molecule has 7 heteroatoms. The van der Waals surface area contributed by atoms with Crippen LogP contribution in [0, 0.1) is 6.92 Å². The van der Waals surface area contributed by atoms with Crippen LogP contribution in [-0.4, -0.2) is 44.4 Å². The van der Waals surface area contributed by atoms with Gasteiger partial charge in [0.15, 0.2) is 0 Å². The first-order chi connectivity index (χ1) is 15.8. The first-order valence-corrected chi connectivity index (χ1v) is 11.9. The molecule has 0 aliphatic carbocycles. The topological polar surface area (TPSA) is 69.5 Å². The van der Waals surface area contributed by atoms with Crippen molar-refractivity contribution in [2.45, 2.75) is 72.4 Å². The number of rotatable bonds is 5. The van der Waals surface area contributed by atoms with E-state index in [0.29, 0.717) is 19.0 Å². The standard InChI is InChI=1S/C24H30N4O3.C2H6/c1-5-24(3,4)31-23(29)27-12-10-19(11-13-27)28-21-16-25-22(14-18(21)15-26-28)30-20-8-6-17(2)7-9-20;1-2/h6-9,14-16,19H,5,10-13H2,1-4H3;1-2H3. The first kappa shape index (κ1) is 24.6. The fraction of sp³-hybridized carbons (Fsp3) is 0.500. The maximum atomic E-state index is 12.4. The molecule has 1 aliphatic rings. The second-order valence-electron chi connectivity index (χ2n) is 8.79. The molecule has 3 heterocycles. The van der Waals surface area contributed by atoms with Gasteiger partial charge in [-0.05, 0) is 52.2 Å². The van der Waals surface area contributed by atoms with Gasteiger partial charge in [0.25, 0.3) is 0 Å². The van der Waals surface area contributed by atoms with Crippen LogP contribution in [0.3, 0.4) is 0 Å². The van der Waals surface area contributed by atoms with E-state index in [1.165, 1.54) is 5.56 Å². The Morgan fingerprint density at radius 3 is 2.42 bits per heavy atom. The molecule has 0 spiro atoms. The van der Waals surface area contributed by atoms with Gasteiger partial charge >= 0.3 is 6.09 Å². The van der Waals surface area contributed by atoms with Crippen LogP contribution in [0.5, 0.6) is 11.6 Å². The third-order valence-corrected chi connectivity index (χ3v) is 5.98. The van der Waals surface area contributed by atoms with E-state index in [1.54, 1.807) is 4.90 Å². The molecular formula is C26H36N4O3. The molecule has 1 fully saturated rings. The number of hydrogen-bond acceptors (Lipinski definition) is 5. The molecule has 2 aromatic heterocycles. The first-order valence-electron chi connectivity index (χ1n) is 11.9. The number of carbonyl (C=O) groups is 1. The Hall–Kier alpha value is -3.09. The fourth-order valence-electron chi connectivity index (χ4n) is 3.66. The van der Waals surface area contributed by atoms with Gasteiger partial charge in [-0.3, -0.25) is 4.68 Å². The molecule has 1 amide bonds. The number of hydrogen-bond donors (Lipinski definition) is 0. The number of pyridine rings is 1. The van der Waals surface area contributed by atoms with Crippen LogP contribution < -0.4 is 4.74 Å². The summed E-state index contributed by atoms with van der Waals surface area (Å²) in [5.41, 5.74) is 1.73. The summed E-state index contributed by atoms with van der Waals surface area (Å²) in [5.74, 6) is 1.31. The van der Waals surface area contributed by atoms with Crippen molar-refractivity contribution >= 4 is 17.0 Å². The third-order valence-electron chi connectivity index (χ3n) is 5.98. The molecule has 1 aromatic carbocycles. The number of piperidine rings is 1. The lowest BCUT2D eigenvalue weighted by Gasteiger charge is -2.34. The third kappa shape index (κ3) is 6.03. The summed E-state index contributed by atoms with van der Waals surface area (Å²) in [6.45, 7) is 13.3. The molecule has 7 nitrogen and oxygen atoms in total. The number of carbonyl (C=O) groups excluding carboxylic acids is 1. The van der Waals surface area contributed by atoms with Gasteiger partial charge in [-0.15, -0.1) is 0 Å². The highest BCUT2D eigenvalue weighted by molar-refractivity contribution is 5.79. The van der Waals surface area contributed by atoms with E-state index in [9.17, 15) is 4.79 Å². The Bertz CT molecular complexity index is 1050. The van der Waals surface area contributed by atoms with Crippen molar-refractivity contribution in [3.05, 3.63) is 48.3 Å². The largest absolute Gasteiger partial charge is 0.443 e. The summed E-state index contributed by atoms with van der Waals surface area (Å²) in [4.78, 5) is 18.7. The smallest absolute Gasteiger partial charge is 0.410 e. The van der Waals surface area contributed by atoms with Gasteiger partial charge in [0.1, 0.15) is 11.4 Å². The molecule has 1 aliphatic heterocycles. The summed E-state index contributed by atoms with van der Waals surface area (Å²) < 4.78 is 13.5. The van der Waals surface area contributed by atoms with Gasteiger partial charge in [0.2, 0.25) is 5.88 Å². The number of aryl methyl sites for hydroxylation is 1. The lowest BCUT2D eigenvalue weighted by molar-refractivity contribution is 0.00595. The molecule has 0 N–H and O–H groups in total. The zero-order valence-corrected chi connectivity index (χ0v) is 20.7. The van der Waals surface area contributed by atoms with Crippen LogP contribution in [0.2, 0.25) is 0 Å². The van der Waals surface area contributed by atoms with Gasteiger partial charge < -0.3 is 14.4 Å². The minimum absolute atomic E-state index is 0.227. The second kappa shape index (κ2) is 10.7. The quantitative estimate of drug-likeness (QED) is 0.441. The molecule has 178 valence electrons.